The topological polar surface area (TPSA) is 55.6 Å². The quantitative estimate of drug-likeness (QED) is 0.865. The third-order valence-electron chi connectivity index (χ3n) is 5.06. The lowest BCUT2D eigenvalue weighted by atomic mass is 10.0. The minimum Gasteiger partial charge on any atom is -0.311 e. The number of hydrogen-bond acceptors (Lipinski definition) is 4. The molecule has 0 radical (unpaired) electrons. The Morgan fingerprint density at radius 3 is 2.35 bits per heavy atom. The van der Waals surface area contributed by atoms with E-state index in [-0.39, 0.29) is 6.04 Å². The second-order valence-corrected chi connectivity index (χ2v) is 6.23. The van der Waals surface area contributed by atoms with E-state index in [0.717, 1.165) is 12.4 Å². The van der Waals surface area contributed by atoms with Crippen LogP contribution in [0.4, 0.5) is 0 Å². The zero-order valence-corrected chi connectivity index (χ0v) is 11.7. The van der Waals surface area contributed by atoms with Crippen molar-refractivity contribution >= 4 is 0 Å². The highest BCUT2D eigenvalue weighted by Gasteiger charge is 2.64. The molecule has 0 aromatic carbocycles. The summed E-state index contributed by atoms with van der Waals surface area (Å²) < 4.78 is 1.95. The molecule has 0 spiro atoms. The molecule has 1 unspecified atom stereocenters. The van der Waals surface area contributed by atoms with Gasteiger partial charge in [0.15, 0.2) is 5.82 Å². The van der Waals surface area contributed by atoms with Crippen molar-refractivity contribution in [2.45, 2.75) is 47.2 Å². The Morgan fingerprint density at radius 2 is 1.88 bits per heavy atom. The van der Waals surface area contributed by atoms with Gasteiger partial charge in [0.05, 0.1) is 6.04 Å². The molecule has 0 bridgehead atoms. The first-order chi connectivity index (χ1) is 7.82. The summed E-state index contributed by atoms with van der Waals surface area (Å²) in [5.41, 5.74) is 0.748. The van der Waals surface area contributed by atoms with Crippen LogP contribution >= 0.6 is 0 Å². The summed E-state index contributed by atoms with van der Waals surface area (Å²) in [5.74, 6) is 1.56. The van der Waals surface area contributed by atoms with E-state index in [2.05, 4.69) is 55.5 Å². The fourth-order valence-electron chi connectivity index (χ4n) is 2.74. The van der Waals surface area contributed by atoms with Gasteiger partial charge in [0.25, 0.3) is 0 Å². The molecule has 1 aromatic heterocycles. The third-order valence-corrected chi connectivity index (χ3v) is 5.06. The number of aromatic nitrogens is 4. The van der Waals surface area contributed by atoms with Crippen LogP contribution in [0.25, 0.3) is 0 Å². The van der Waals surface area contributed by atoms with Gasteiger partial charge in [0, 0.05) is 6.54 Å². The van der Waals surface area contributed by atoms with E-state index in [9.17, 15) is 0 Å². The average Bonchev–Trinajstić information content (AvgIpc) is 2.63. The Balaban J connectivity index is 2.14. The van der Waals surface area contributed by atoms with E-state index in [4.69, 9.17) is 0 Å². The molecule has 17 heavy (non-hydrogen) atoms. The van der Waals surface area contributed by atoms with Crippen molar-refractivity contribution in [1.82, 2.24) is 25.5 Å². The van der Waals surface area contributed by atoms with Crippen molar-refractivity contribution < 1.29 is 0 Å². The summed E-state index contributed by atoms with van der Waals surface area (Å²) in [6.07, 6.45) is 0. The molecule has 1 atom stereocenters. The molecular formula is C12H23N5. The van der Waals surface area contributed by atoms with Crippen LogP contribution in [0, 0.1) is 16.7 Å². The molecule has 0 saturated heterocycles. The zero-order valence-electron chi connectivity index (χ0n) is 11.7. The van der Waals surface area contributed by atoms with E-state index in [1.807, 2.05) is 11.7 Å². The van der Waals surface area contributed by atoms with Crippen LogP contribution in [0.5, 0.6) is 0 Å². The van der Waals surface area contributed by atoms with E-state index < -0.39 is 0 Å². The maximum absolute atomic E-state index is 4.11. The highest BCUT2D eigenvalue weighted by atomic mass is 15.5. The van der Waals surface area contributed by atoms with Crippen LogP contribution in [0.2, 0.25) is 0 Å². The monoisotopic (exact) mass is 237 g/mol. The van der Waals surface area contributed by atoms with Gasteiger partial charge in [-0.25, -0.2) is 4.68 Å². The normalized spacial score (nSPS) is 23.6. The van der Waals surface area contributed by atoms with Crippen molar-refractivity contribution in [3.63, 3.8) is 0 Å². The second kappa shape index (κ2) is 3.77. The molecule has 2 rings (SSSR count). The van der Waals surface area contributed by atoms with Gasteiger partial charge in [-0.1, -0.05) is 27.7 Å². The summed E-state index contributed by atoms with van der Waals surface area (Å²) >= 11 is 0. The first-order valence-corrected chi connectivity index (χ1v) is 6.25. The molecule has 0 aliphatic heterocycles. The molecule has 0 amide bonds. The van der Waals surface area contributed by atoms with Crippen molar-refractivity contribution in [2.24, 2.45) is 16.7 Å². The molecule has 1 N–H and O–H groups in total. The molecular weight excluding hydrogens is 214 g/mol. The second-order valence-electron chi connectivity index (χ2n) is 6.23. The number of hydrogen-bond donors (Lipinski definition) is 1. The van der Waals surface area contributed by atoms with Gasteiger partial charge in [0.2, 0.25) is 0 Å². The highest BCUT2D eigenvalue weighted by molar-refractivity contribution is 5.12. The van der Waals surface area contributed by atoms with Gasteiger partial charge in [-0.05, 0) is 41.1 Å². The summed E-state index contributed by atoms with van der Waals surface area (Å²) in [6, 6.07) is 0.190. The first-order valence-electron chi connectivity index (χ1n) is 6.25. The van der Waals surface area contributed by atoms with Gasteiger partial charge in [0.1, 0.15) is 0 Å². The predicted molar refractivity (Wildman–Crippen MR) is 66.3 cm³/mol. The standard InChI is InChI=1S/C12H23N5/c1-8(13-6)10-14-15-16-17(10)7-9-11(2,3)12(9,4)5/h8-9,13H,7H2,1-6H3. The van der Waals surface area contributed by atoms with Gasteiger partial charge >= 0.3 is 0 Å². The van der Waals surface area contributed by atoms with Crippen LogP contribution in [0.15, 0.2) is 0 Å². The number of nitrogens with zero attached hydrogens (tertiary/aromatic N) is 4. The highest BCUT2D eigenvalue weighted by Crippen LogP contribution is 2.68. The largest absolute Gasteiger partial charge is 0.311 e. The van der Waals surface area contributed by atoms with Crippen LogP contribution in [-0.4, -0.2) is 27.3 Å². The Labute approximate surface area is 103 Å². The molecule has 1 heterocycles. The van der Waals surface area contributed by atoms with Gasteiger partial charge in [-0.3, -0.25) is 0 Å². The van der Waals surface area contributed by atoms with Gasteiger partial charge in [-0.2, -0.15) is 0 Å². The number of tetrazole rings is 1. The molecule has 5 heteroatoms. The lowest BCUT2D eigenvalue weighted by Crippen LogP contribution is -2.20. The molecule has 96 valence electrons. The van der Waals surface area contributed by atoms with E-state index in [1.165, 1.54) is 0 Å². The first kappa shape index (κ1) is 12.5. The fourth-order valence-corrected chi connectivity index (χ4v) is 2.74. The average molecular weight is 237 g/mol. The van der Waals surface area contributed by atoms with Crippen LogP contribution in [-0.2, 0) is 6.54 Å². The fraction of sp³-hybridized carbons (Fsp3) is 0.917. The van der Waals surface area contributed by atoms with E-state index in [1.54, 1.807) is 0 Å². The van der Waals surface area contributed by atoms with Crippen molar-refractivity contribution in [1.29, 1.82) is 0 Å². The van der Waals surface area contributed by atoms with Crippen molar-refractivity contribution in [3.05, 3.63) is 5.82 Å². The summed E-state index contributed by atoms with van der Waals surface area (Å²) in [4.78, 5) is 0. The Morgan fingerprint density at radius 1 is 1.29 bits per heavy atom. The lowest BCUT2D eigenvalue weighted by Gasteiger charge is -2.10. The number of nitrogens with one attached hydrogen (secondary N) is 1. The Bertz CT molecular complexity index is 393. The zero-order chi connectivity index (χ0) is 12.8. The minimum absolute atomic E-state index is 0.190. The molecule has 1 aliphatic rings. The third kappa shape index (κ3) is 1.76. The van der Waals surface area contributed by atoms with Crippen molar-refractivity contribution in [3.8, 4) is 0 Å². The van der Waals surface area contributed by atoms with Crippen LogP contribution < -0.4 is 5.32 Å². The maximum atomic E-state index is 4.11. The number of rotatable bonds is 4. The lowest BCUT2D eigenvalue weighted by molar-refractivity contribution is 0.435. The smallest absolute Gasteiger partial charge is 0.167 e. The summed E-state index contributed by atoms with van der Waals surface area (Å²) in [7, 11) is 1.93. The maximum Gasteiger partial charge on any atom is 0.167 e. The molecule has 5 nitrogen and oxygen atoms in total. The SMILES string of the molecule is CNC(C)c1nnnn1CC1C(C)(C)C1(C)C. The summed E-state index contributed by atoms with van der Waals surface area (Å²) in [5, 5.41) is 15.2. The summed E-state index contributed by atoms with van der Waals surface area (Å²) in [6.45, 7) is 12.3. The van der Waals surface area contributed by atoms with Crippen molar-refractivity contribution in [2.75, 3.05) is 7.05 Å². The Kier molecular flexibility index (Phi) is 2.77. The minimum atomic E-state index is 0.190. The van der Waals surface area contributed by atoms with E-state index in [0.29, 0.717) is 16.7 Å². The van der Waals surface area contributed by atoms with Gasteiger partial charge in [-0.15, -0.1) is 5.10 Å². The predicted octanol–water partition coefficient (Wildman–Crippen LogP) is 1.64. The van der Waals surface area contributed by atoms with Crippen LogP contribution in [0.3, 0.4) is 0 Å². The molecule has 1 saturated carbocycles. The Hall–Kier alpha value is -0.970. The molecule has 1 fully saturated rings. The van der Waals surface area contributed by atoms with E-state index >= 15 is 0 Å². The van der Waals surface area contributed by atoms with Gasteiger partial charge < -0.3 is 5.32 Å². The molecule has 1 aromatic rings. The molecule has 1 aliphatic carbocycles. The van der Waals surface area contributed by atoms with Crippen LogP contribution in [0.1, 0.15) is 46.5 Å².